The largest absolute Gasteiger partial charge is 0.339 e. The Hall–Kier alpha value is -2.02. The molecule has 0 saturated carbocycles. The van der Waals surface area contributed by atoms with E-state index in [4.69, 9.17) is 0 Å². The number of carbonyl (C=O) groups is 2. The summed E-state index contributed by atoms with van der Waals surface area (Å²) in [7, 11) is 0. The van der Waals surface area contributed by atoms with Crippen molar-refractivity contribution in [2.75, 3.05) is 32.4 Å². The standard InChI is InChI=1S/C17H22N4O2S/c1-13(22)19-7-9-20(10-8-19)17(23)11-21-15-6-4-3-5-14(15)18-16(21)12-24-2/h3-6H,7-12H2,1-2H3. The predicted octanol–water partition coefficient (Wildman–Crippen LogP) is 1.59. The average Bonchev–Trinajstić information content (AvgIpc) is 2.93. The highest BCUT2D eigenvalue weighted by molar-refractivity contribution is 7.97. The Morgan fingerprint density at radius 1 is 1.12 bits per heavy atom. The number of nitrogens with zero attached hydrogens (tertiary/aromatic N) is 4. The Bertz CT molecular complexity index is 750. The second-order valence-electron chi connectivity index (χ2n) is 5.92. The monoisotopic (exact) mass is 346 g/mol. The Balaban J connectivity index is 1.76. The van der Waals surface area contributed by atoms with E-state index in [-0.39, 0.29) is 11.8 Å². The van der Waals surface area contributed by atoms with Gasteiger partial charge in [0.1, 0.15) is 12.4 Å². The number of imidazole rings is 1. The molecule has 1 saturated heterocycles. The number of piperazine rings is 1. The van der Waals surface area contributed by atoms with Crippen molar-refractivity contribution in [2.45, 2.75) is 19.2 Å². The molecule has 0 spiro atoms. The van der Waals surface area contributed by atoms with E-state index >= 15 is 0 Å². The molecule has 0 N–H and O–H groups in total. The molecule has 2 aromatic rings. The van der Waals surface area contributed by atoms with Crippen LogP contribution in [0.1, 0.15) is 12.7 Å². The van der Waals surface area contributed by atoms with Gasteiger partial charge in [-0.25, -0.2) is 4.98 Å². The molecular formula is C17H22N4O2S. The molecule has 1 aliphatic heterocycles. The maximum atomic E-state index is 12.7. The lowest BCUT2D eigenvalue weighted by molar-refractivity contribution is -0.138. The van der Waals surface area contributed by atoms with Gasteiger partial charge in [0.25, 0.3) is 0 Å². The van der Waals surface area contributed by atoms with Gasteiger partial charge in [0.15, 0.2) is 0 Å². The van der Waals surface area contributed by atoms with Crippen molar-refractivity contribution in [1.29, 1.82) is 0 Å². The number of thioether (sulfide) groups is 1. The number of amides is 2. The first kappa shape index (κ1) is 16.8. The Morgan fingerprint density at radius 3 is 2.46 bits per heavy atom. The second kappa shape index (κ2) is 7.25. The van der Waals surface area contributed by atoms with Crippen molar-refractivity contribution in [2.24, 2.45) is 0 Å². The molecular weight excluding hydrogens is 324 g/mol. The van der Waals surface area contributed by atoms with Crippen LogP contribution in [0.3, 0.4) is 0 Å². The van der Waals surface area contributed by atoms with E-state index in [2.05, 4.69) is 4.98 Å². The molecule has 1 aromatic heterocycles. The van der Waals surface area contributed by atoms with Gasteiger partial charge in [0.05, 0.1) is 16.8 Å². The molecule has 0 unspecified atom stereocenters. The average molecular weight is 346 g/mol. The minimum atomic E-state index is 0.0740. The van der Waals surface area contributed by atoms with Gasteiger partial charge in [-0.2, -0.15) is 11.8 Å². The van der Waals surface area contributed by atoms with Crippen molar-refractivity contribution in [3.63, 3.8) is 0 Å². The molecule has 24 heavy (non-hydrogen) atoms. The third kappa shape index (κ3) is 3.40. The minimum Gasteiger partial charge on any atom is -0.339 e. The molecule has 1 fully saturated rings. The lowest BCUT2D eigenvalue weighted by Crippen LogP contribution is -2.50. The first-order valence-corrected chi connectivity index (χ1v) is 9.46. The van der Waals surface area contributed by atoms with Gasteiger partial charge in [-0.15, -0.1) is 0 Å². The number of hydrogen-bond acceptors (Lipinski definition) is 4. The van der Waals surface area contributed by atoms with Crippen molar-refractivity contribution < 1.29 is 9.59 Å². The van der Waals surface area contributed by atoms with E-state index in [9.17, 15) is 9.59 Å². The molecule has 1 aromatic carbocycles. The summed E-state index contributed by atoms with van der Waals surface area (Å²) in [4.78, 5) is 32.4. The molecule has 0 atom stereocenters. The number of aromatic nitrogens is 2. The van der Waals surface area contributed by atoms with Crippen LogP contribution in [0.4, 0.5) is 0 Å². The van der Waals surface area contributed by atoms with Crippen LogP contribution in [-0.2, 0) is 21.9 Å². The molecule has 0 aliphatic carbocycles. The summed E-state index contributed by atoms with van der Waals surface area (Å²) in [6.45, 7) is 4.30. The fraction of sp³-hybridized carbons (Fsp3) is 0.471. The number of benzene rings is 1. The van der Waals surface area contributed by atoms with Crippen molar-refractivity contribution in [3.05, 3.63) is 30.1 Å². The summed E-state index contributed by atoms with van der Waals surface area (Å²) in [5.74, 6) is 1.87. The minimum absolute atomic E-state index is 0.0740. The highest BCUT2D eigenvalue weighted by Crippen LogP contribution is 2.19. The highest BCUT2D eigenvalue weighted by atomic mass is 32.2. The summed E-state index contributed by atoms with van der Waals surface area (Å²) in [5, 5.41) is 0. The van der Waals surface area contributed by atoms with E-state index < -0.39 is 0 Å². The molecule has 128 valence electrons. The first-order valence-electron chi connectivity index (χ1n) is 8.06. The maximum absolute atomic E-state index is 12.7. The van der Waals surface area contributed by atoms with Crippen molar-refractivity contribution in [3.8, 4) is 0 Å². The van der Waals surface area contributed by atoms with Crippen molar-refractivity contribution >= 4 is 34.6 Å². The SMILES string of the molecule is CSCc1nc2ccccc2n1CC(=O)N1CCN(C(C)=O)CC1. The Labute approximate surface area is 145 Å². The van der Waals surface area contributed by atoms with Crippen LogP contribution in [0.15, 0.2) is 24.3 Å². The van der Waals surface area contributed by atoms with Crippen LogP contribution in [0.5, 0.6) is 0 Å². The molecule has 0 radical (unpaired) electrons. The zero-order valence-electron chi connectivity index (χ0n) is 14.1. The van der Waals surface area contributed by atoms with E-state index in [1.165, 1.54) is 0 Å². The van der Waals surface area contributed by atoms with Crippen LogP contribution >= 0.6 is 11.8 Å². The molecule has 3 rings (SSSR count). The molecule has 2 amide bonds. The fourth-order valence-electron chi connectivity index (χ4n) is 3.05. The number of para-hydroxylation sites is 2. The van der Waals surface area contributed by atoms with E-state index in [1.54, 1.807) is 23.6 Å². The summed E-state index contributed by atoms with van der Waals surface area (Å²) in [6, 6.07) is 7.92. The topological polar surface area (TPSA) is 58.4 Å². The van der Waals surface area contributed by atoms with Crippen LogP contribution in [0.2, 0.25) is 0 Å². The van der Waals surface area contributed by atoms with E-state index in [0.29, 0.717) is 32.7 Å². The molecule has 0 bridgehead atoms. The number of fused-ring (bicyclic) bond motifs is 1. The zero-order chi connectivity index (χ0) is 17.1. The number of hydrogen-bond donors (Lipinski definition) is 0. The first-order chi connectivity index (χ1) is 11.6. The van der Waals surface area contributed by atoms with E-state index in [1.807, 2.05) is 40.0 Å². The molecule has 6 nitrogen and oxygen atoms in total. The number of rotatable bonds is 4. The van der Waals surface area contributed by atoms with Crippen molar-refractivity contribution in [1.82, 2.24) is 19.4 Å². The van der Waals surface area contributed by atoms with E-state index in [0.717, 1.165) is 22.6 Å². The van der Waals surface area contributed by atoms with Crippen LogP contribution in [0, 0.1) is 0 Å². The smallest absolute Gasteiger partial charge is 0.242 e. The maximum Gasteiger partial charge on any atom is 0.242 e. The van der Waals surface area contributed by atoms with Crippen LogP contribution in [-0.4, -0.2) is 63.6 Å². The lowest BCUT2D eigenvalue weighted by Gasteiger charge is -2.34. The van der Waals surface area contributed by atoms with Gasteiger partial charge in [-0.3, -0.25) is 9.59 Å². The Morgan fingerprint density at radius 2 is 1.79 bits per heavy atom. The molecule has 2 heterocycles. The van der Waals surface area contributed by atoms with Gasteiger partial charge in [-0.05, 0) is 18.4 Å². The van der Waals surface area contributed by atoms with Gasteiger partial charge >= 0.3 is 0 Å². The molecule has 1 aliphatic rings. The van der Waals surface area contributed by atoms with Gasteiger partial charge in [0.2, 0.25) is 11.8 Å². The fourth-order valence-corrected chi connectivity index (χ4v) is 3.53. The zero-order valence-corrected chi connectivity index (χ0v) is 14.9. The van der Waals surface area contributed by atoms with Gasteiger partial charge in [-0.1, -0.05) is 12.1 Å². The molecule has 7 heteroatoms. The van der Waals surface area contributed by atoms with Crippen LogP contribution in [0.25, 0.3) is 11.0 Å². The summed E-state index contributed by atoms with van der Waals surface area (Å²) >= 11 is 1.70. The number of carbonyl (C=O) groups excluding carboxylic acids is 2. The third-order valence-electron chi connectivity index (χ3n) is 4.38. The lowest BCUT2D eigenvalue weighted by atomic mass is 10.3. The quantitative estimate of drug-likeness (QED) is 0.844. The second-order valence-corrected chi connectivity index (χ2v) is 6.79. The normalized spacial score (nSPS) is 15.1. The van der Waals surface area contributed by atoms with Gasteiger partial charge < -0.3 is 14.4 Å². The summed E-state index contributed by atoms with van der Waals surface area (Å²) < 4.78 is 2.02. The summed E-state index contributed by atoms with van der Waals surface area (Å²) in [6.07, 6.45) is 2.03. The summed E-state index contributed by atoms with van der Waals surface area (Å²) in [5.41, 5.74) is 1.92. The van der Waals surface area contributed by atoms with Gasteiger partial charge in [0, 0.05) is 33.1 Å². The third-order valence-corrected chi connectivity index (χ3v) is 4.92. The predicted molar refractivity (Wildman–Crippen MR) is 95.8 cm³/mol. The highest BCUT2D eigenvalue weighted by Gasteiger charge is 2.23. The van der Waals surface area contributed by atoms with Crippen LogP contribution < -0.4 is 0 Å². The Kier molecular flexibility index (Phi) is 5.08.